The topological polar surface area (TPSA) is 89.9 Å². The first-order valence-corrected chi connectivity index (χ1v) is 11.4. The molecule has 1 aromatic heterocycles. The lowest BCUT2D eigenvalue weighted by Crippen LogP contribution is -2.41. The van der Waals surface area contributed by atoms with Gasteiger partial charge < -0.3 is 24.6 Å². The number of halogens is 2. The van der Waals surface area contributed by atoms with Gasteiger partial charge in [-0.25, -0.2) is 14.2 Å². The summed E-state index contributed by atoms with van der Waals surface area (Å²) in [6, 6.07) is 13.4. The molecule has 0 aliphatic carbocycles. The van der Waals surface area contributed by atoms with Gasteiger partial charge in [-0.05, 0) is 38.1 Å². The molecule has 0 radical (unpaired) electrons. The first kappa shape index (κ1) is 26.2. The van der Waals surface area contributed by atoms with E-state index in [9.17, 15) is 14.3 Å². The van der Waals surface area contributed by atoms with E-state index in [2.05, 4.69) is 10.3 Å². The van der Waals surface area contributed by atoms with E-state index in [4.69, 9.17) is 38.0 Å². The largest absolute Gasteiger partial charge is 0.503 e. The molecule has 0 aliphatic rings. The average molecular weight is 519 g/mol. The van der Waals surface area contributed by atoms with Gasteiger partial charge in [-0.15, -0.1) is 0 Å². The zero-order valence-corrected chi connectivity index (χ0v) is 20.8. The molecule has 35 heavy (non-hydrogen) atoms. The van der Waals surface area contributed by atoms with Gasteiger partial charge in [-0.2, -0.15) is 0 Å². The Labute approximate surface area is 212 Å². The highest BCUT2D eigenvalue weighted by molar-refractivity contribution is 7.80. The number of pyridine rings is 1. The van der Waals surface area contributed by atoms with Crippen LogP contribution in [0.5, 0.6) is 17.2 Å². The first-order valence-electron chi connectivity index (χ1n) is 10.6. The van der Waals surface area contributed by atoms with Crippen LogP contribution in [-0.2, 0) is 9.53 Å². The van der Waals surface area contributed by atoms with Crippen LogP contribution in [0.4, 0.5) is 4.39 Å². The molecule has 184 valence electrons. The van der Waals surface area contributed by atoms with Crippen molar-refractivity contribution >= 4 is 34.8 Å². The molecule has 0 amide bonds. The highest BCUT2D eigenvalue weighted by Gasteiger charge is 2.29. The van der Waals surface area contributed by atoms with E-state index in [1.165, 1.54) is 37.6 Å². The summed E-state index contributed by atoms with van der Waals surface area (Å²) >= 11 is 11.6. The number of ether oxygens (including phenoxy) is 3. The van der Waals surface area contributed by atoms with Crippen LogP contribution >= 0.6 is 23.8 Å². The van der Waals surface area contributed by atoms with Gasteiger partial charge in [0.15, 0.2) is 17.6 Å². The molecule has 0 bridgehead atoms. The Morgan fingerprint density at radius 2 is 1.89 bits per heavy atom. The zero-order chi connectivity index (χ0) is 25.5. The molecule has 0 saturated carbocycles. The van der Waals surface area contributed by atoms with Crippen LogP contribution in [0.1, 0.15) is 31.2 Å². The van der Waals surface area contributed by atoms with Crippen LogP contribution < -0.4 is 14.8 Å². The molecule has 0 fully saturated rings. The molecule has 0 aliphatic heterocycles. The standard InChI is InChI=1S/C25H24ClFN2O5S/c1-14(29-24(35)21-22(30)20(32-3)11-12-28-21)25(31)33-15(2)23(34-17-7-5-4-6-8-17)18-10-9-16(27)13-19(18)26/h4-15,23,30H,1-3H3,(H,29,35)/t14-,15-,23-/m0/s1. The van der Waals surface area contributed by atoms with Gasteiger partial charge in [-0.3, -0.25) is 0 Å². The van der Waals surface area contributed by atoms with Crippen molar-refractivity contribution in [2.75, 3.05) is 7.11 Å². The third-order valence-electron chi connectivity index (χ3n) is 5.03. The minimum Gasteiger partial charge on any atom is -0.503 e. The number of methoxy groups -OCH3 is 1. The number of nitrogens with zero attached hydrogens (tertiary/aromatic N) is 1. The maximum atomic E-state index is 13.6. The minimum atomic E-state index is -0.890. The van der Waals surface area contributed by atoms with E-state index in [0.29, 0.717) is 11.3 Å². The normalized spacial score (nSPS) is 13.3. The predicted molar refractivity (Wildman–Crippen MR) is 134 cm³/mol. The van der Waals surface area contributed by atoms with Crippen LogP contribution in [0, 0.1) is 5.82 Å². The number of carbonyl (C=O) groups excluding carboxylic acids is 1. The fourth-order valence-corrected chi connectivity index (χ4v) is 3.83. The lowest BCUT2D eigenvalue weighted by atomic mass is 10.0. The molecule has 10 heteroatoms. The van der Waals surface area contributed by atoms with Crippen molar-refractivity contribution in [1.82, 2.24) is 10.3 Å². The Morgan fingerprint density at radius 3 is 2.54 bits per heavy atom. The Balaban J connectivity index is 1.75. The summed E-state index contributed by atoms with van der Waals surface area (Å²) in [7, 11) is 1.40. The minimum absolute atomic E-state index is 0.0390. The average Bonchev–Trinajstić information content (AvgIpc) is 2.83. The van der Waals surface area contributed by atoms with Crippen molar-refractivity contribution in [3.63, 3.8) is 0 Å². The summed E-state index contributed by atoms with van der Waals surface area (Å²) in [5.74, 6) is -0.666. The molecule has 3 aromatic rings. The van der Waals surface area contributed by atoms with E-state index in [1.807, 2.05) is 6.07 Å². The van der Waals surface area contributed by atoms with Crippen LogP contribution in [-0.4, -0.2) is 40.3 Å². The summed E-state index contributed by atoms with van der Waals surface area (Å²) in [5, 5.41) is 13.2. The van der Waals surface area contributed by atoms with Gasteiger partial charge in [0.2, 0.25) is 0 Å². The number of aromatic nitrogens is 1. The Hall–Kier alpha value is -3.43. The first-order chi connectivity index (χ1) is 16.7. The number of rotatable bonds is 9. The second-order valence-electron chi connectivity index (χ2n) is 7.56. The third kappa shape index (κ3) is 6.58. The third-order valence-corrected chi connectivity index (χ3v) is 5.67. The lowest BCUT2D eigenvalue weighted by molar-refractivity contribution is -0.154. The fraction of sp³-hybridized carbons (Fsp3) is 0.240. The van der Waals surface area contributed by atoms with Gasteiger partial charge in [-0.1, -0.05) is 48.1 Å². The fourth-order valence-electron chi connectivity index (χ4n) is 3.23. The molecule has 0 unspecified atom stereocenters. The number of carbonyl (C=O) groups is 1. The highest BCUT2D eigenvalue weighted by Crippen LogP contribution is 2.32. The molecule has 0 saturated heterocycles. The number of esters is 1. The molecule has 1 heterocycles. The van der Waals surface area contributed by atoms with E-state index >= 15 is 0 Å². The number of thiocarbonyl (C=S) groups is 1. The molecule has 0 spiro atoms. The summed E-state index contributed by atoms with van der Waals surface area (Å²) < 4.78 is 30.4. The summed E-state index contributed by atoms with van der Waals surface area (Å²) in [6.07, 6.45) is -0.213. The van der Waals surface area contributed by atoms with Gasteiger partial charge in [0.1, 0.15) is 34.4 Å². The second-order valence-corrected chi connectivity index (χ2v) is 8.38. The van der Waals surface area contributed by atoms with E-state index < -0.39 is 30.0 Å². The van der Waals surface area contributed by atoms with Gasteiger partial charge in [0.25, 0.3) is 0 Å². The molecule has 3 rings (SSSR count). The van der Waals surface area contributed by atoms with Crippen LogP contribution in [0.3, 0.4) is 0 Å². The molecular formula is C25H24ClFN2O5S. The van der Waals surface area contributed by atoms with E-state index in [1.54, 1.807) is 38.1 Å². The van der Waals surface area contributed by atoms with Gasteiger partial charge >= 0.3 is 5.97 Å². The van der Waals surface area contributed by atoms with Crippen molar-refractivity contribution in [3.05, 3.63) is 82.9 Å². The number of nitrogens with one attached hydrogen (secondary N) is 1. The maximum Gasteiger partial charge on any atom is 0.328 e. The van der Waals surface area contributed by atoms with Gasteiger partial charge in [0.05, 0.1) is 12.1 Å². The summed E-state index contributed by atoms with van der Waals surface area (Å²) in [6.45, 7) is 3.20. The van der Waals surface area contributed by atoms with E-state index in [-0.39, 0.29) is 27.2 Å². The summed E-state index contributed by atoms with van der Waals surface area (Å²) in [4.78, 5) is 16.9. The van der Waals surface area contributed by atoms with Crippen molar-refractivity contribution < 1.29 is 28.5 Å². The quantitative estimate of drug-likeness (QED) is 0.302. The van der Waals surface area contributed by atoms with Crippen molar-refractivity contribution in [3.8, 4) is 17.2 Å². The molecule has 3 atom stereocenters. The number of hydrogen-bond donors (Lipinski definition) is 2. The summed E-state index contributed by atoms with van der Waals surface area (Å²) in [5.41, 5.74) is 0.522. The van der Waals surface area contributed by atoms with Gasteiger partial charge in [0, 0.05) is 17.8 Å². The molecule has 2 N–H and O–H groups in total. The maximum absolute atomic E-state index is 13.6. The second kappa shape index (κ2) is 11.8. The lowest BCUT2D eigenvalue weighted by Gasteiger charge is -2.27. The Kier molecular flexibility index (Phi) is 8.84. The number of benzene rings is 2. The SMILES string of the molecule is COc1ccnc(C(=S)N[C@@H](C)C(=O)O[C@@H](C)[C@H](Oc2ccccc2)c2ccc(F)cc2Cl)c1O. The van der Waals surface area contributed by atoms with Crippen LogP contribution in [0.25, 0.3) is 0 Å². The van der Waals surface area contributed by atoms with Crippen LogP contribution in [0.15, 0.2) is 60.8 Å². The highest BCUT2D eigenvalue weighted by atomic mass is 35.5. The van der Waals surface area contributed by atoms with Crippen molar-refractivity contribution in [1.29, 1.82) is 0 Å². The number of para-hydroxylation sites is 1. The number of hydrogen-bond acceptors (Lipinski definition) is 7. The van der Waals surface area contributed by atoms with Crippen molar-refractivity contribution in [2.45, 2.75) is 32.1 Å². The Morgan fingerprint density at radius 1 is 1.17 bits per heavy atom. The number of aromatic hydroxyl groups is 1. The smallest absolute Gasteiger partial charge is 0.328 e. The monoisotopic (exact) mass is 518 g/mol. The molecular weight excluding hydrogens is 495 g/mol. The molecule has 2 aromatic carbocycles. The van der Waals surface area contributed by atoms with Crippen LogP contribution in [0.2, 0.25) is 5.02 Å². The molecule has 7 nitrogen and oxygen atoms in total. The van der Waals surface area contributed by atoms with E-state index in [0.717, 1.165) is 0 Å². The Bertz CT molecular complexity index is 1200. The predicted octanol–water partition coefficient (Wildman–Crippen LogP) is 4.99. The zero-order valence-electron chi connectivity index (χ0n) is 19.2. The van der Waals surface area contributed by atoms with Crippen molar-refractivity contribution in [2.24, 2.45) is 0 Å².